The molecule has 14 heavy (non-hydrogen) atoms. The van der Waals surface area contributed by atoms with E-state index >= 15 is 0 Å². The van der Waals surface area contributed by atoms with Crippen LogP contribution in [0.3, 0.4) is 0 Å². The van der Waals surface area contributed by atoms with Gasteiger partial charge in [0.05, 0.1) is 6.61 Å². The molecule has 0 aliphatic carbocycles. The number of unbranched alkanes of at least 4 members (excludes halogenated alkanes) is 1. The van der Waals surface area contributed by atoms with Gasteiger partial charge < -0.3 is 4.74 Å². The zero-order chi connectivity index (χ0) is 11.0. The van der Waals surface area contributed by atoms with E-state index in [1.165, 1.54) is 12.8 Å². The number of esters is 1. The van der Waals surface area contributed by atoms with Gasteiger partial charge in [-0.1, -0.05) is 39.7 Å². The van der Waals surface area contributed by atoms with Crippen LogP contribution in [0.4, 0.5) is 0 Å². The first-order chi connectivity index (χ1) is 6.61. The Hall–Kier alpha value is -0.790. The van der Waals surface area contributed by atoms with Crippen LogP contribution in [-0.2, 0) is 9.53 Å². The standard InChI is InChI=1S/C12H22O2/c1-5-7-8-11(6-2)9-14-12(13)10(3)4/h11H,3,5-9H2,1-2,4H3/t11-/m1/s1. The predicted octanol–water partition coefficient (Wildman–Crippen LogP) is 3.32. The number of carbonyl (C=O) groups excluding carboxylic acids is 1. The summed E-state index contributed by atoms with van der Waals surface area (Å²) in [6, 6.07) is 0. The molecular formula is C12H22O2. The Morgan fingerprint density at radius 3 is 2.50 bits per heavy atom. The van der Waals surface area contributed by atoms with E-state index in [9.17, 15) is 4.79 Å². The molecule has 0 aromatic heterocycles. The van der Waals surface area contributed by atoms with Gasteiger partial charge in [0.25, 0.3) is 0 Å². The van der Waals surface area contributed by atoms with Crippen LogP contribution in [-0.4, -0.2) is 12.6 Å². The summed E-state index contributed by atoms with van der Waals surface area (Å²) in [7, 11) is 0. The van der Waals surface area contributed by atoms with Crippen LogP contribution < -0.4 is 0 Å². The highest BCUT2D eigenvalue weighted by atomic mass is 16.5. The van der Waals surface area contributed by atoms with Crippen LogP contribution in [0.2, 0.25) is 0 Å². The number of hydrogen-bond acceptors (Lipinski definition) is 2. The monoisotopic (exact) mass is 198 g/mol. The lowest BCUT2D eigenvalue weighted by atomic mass is 10.0. The fourth-order valence-electron chi connectivity index (χ4n) is 1.21. The molecule has 0 N–H and O–H groups in total. The average Bonchev–Trinajstić information content (AvgIpc) is 2.17. The van der Waals surface area contributed by atoms with Crippen molar-refractivity contribution in [1.82, 2.24) is 0 Å². The minimum absolute atomic E-state index is 0.264. The fraction of sp³-hybridized carbons (Fsp3) is 0.750. The van der Waals surface area contributed by atoms with Gasteiger partial charge in [-0.05, 0) is 19.3 Å². The molecule has 0 heterocycles. The summed E-state index contributed by atoms with van der Waals surface area (Å²) in [5, 5.41) is 0. The Labute approximate surface area is 87.3 Å². The molecule has 0 aliphatic heterocycles. The summed E-state index contributed by atoms with van der Waals surface area (Å²) in [5.74, 6) is 0.248. The molecule has 2 nitrogen and oxygen atoms in total. The summed E-state index contributed by atoms with van der Waals surface area (Å²) in [4.78, 5) is 11.1. The molecule has 0 spiro atoms. The van der Waals surface area contributed by atoms with Gasteiger partial charge in [-0.25, -0.2) is 4.79 Å². The number of rotatable bonds is 7. The fourth-order valence-corrected chi connectivity index (χ4v) is 1.21. The van der Waals surface area contributed by atoms with Gasteiger partial charge in [0.2, 0.25) is 0 Å². The molecule has 0 amide bonds. The van der Waals surface area contributed by atoms with Crippen molar-refractivity contribution in [2.24, 2.45) is 5.92 Å². The molecule has 2 heteroatoms. The molecule has 0 saturated heterocycles. The van der Waals surface area contributed by atoms with E-state index in [1.807, 2.05) is 0 Å². The van der Waals surface area contributed by atoms with Gasteiger partial charge in [-0.3, -0.25) is 0 Å². The zero-order valence-electron chi connectivity index (χ0n) is 9.64. The normalized spacial score (nSPS) is 12.2. The number of hydrogen-bond donors (Lipinski definition) is 0. The van der Waals surface area contributed by atoms with E-state index in [0.29, 0.717) is 18.1 Å². The molecule has 1 atom stereocenters. The van der Waals surface area contributed by atoms with Crippen molar-refractivity contribution in [2.75, 3.05) is 6.61 Å². The Morgan fingerprint density at radius 2 is 2.07 bits per heavy atom. The predicted molar refractivity (Wildman–Crippen MR) is 59.1 cm³/mol. The van der Waals surface area contributed by atoms with E-state index in [2.05, 4.69) is 20.4 Å². The van der Waals surface area contributed by atoms with Crippen molar-refractivity contribution in [3.63, 3.8) is 0 Å². The Morgan fingerprint density at radius 1 is 1.43 bits per heavy atom. The largest absolute Gasteiger partial charge is 0.462 e. The summed E-state index contributed by atoms with van der Waals surface area (Å²) >= 11 is 0. The van der Waals surface area contributed by atoms with E-state index in [4.69, 9.17) is 4.74 Å². The second-order valence-corrected chi connectivity index (χ2v) is 3.80. The quantitative estimate of drug-likeness (QED) is 0.463. The highest BCUT2D eigenvalue weighted by Gasteiger charge is 2.09. The summed E-state index contributed by atoms with van der Waals surface area (Å²) < 4.78 is 5.12. The van der Waals surface area contributed by atoms with Gasteiger partial charge in [-0.2, -0.15) is 0 Å². The minimum Gasteiger partial charge on any atom is -0.462 e. The third-order valence-corrected chi connectivity index (χ3v) is 2.34. The van der Waals surface area contributed by atoms with Crippen molar-refractivity contribution >= 4 is 5.97 Å². The Kier molecular flexibility index (Phi) is 7.17. The lowest BCUT2D eigenvalue weighted by molar-refractivity contribution is -0.140. The topological polar surface area (TPSA) is 26.3 Å². The second-order valence-electron chi connectivity index (χ2n) is 3.80. The summed E-state index contributed by atoms with van der Waals surface area (Å²) in [6.07, 6.45) is 4.63. The van der Waals surface area contributed by atoms with E-state index < -0.39 is 0 Å². The highest BCUT2D eigenvalue weighted by molar-refractivity contribution is 5.86. The minimum atomic E-state index is -0.264. The first-order valence-corrected chi connectivity index (χ1v) is 5.44. The average molecular weight is 198 g/mol. The molecule has 0 bridgehead atoms. The van der Waals surface area contributed by atoms with Gasteiger partial charge in [0.1, 0.15) is 0 Å². The maximum Gasteiger partial charge on any atom is 0.333 e. The second kappa shape index (κ2) is 7.60. The molecule has 0 aromatic rings. The molecule has 0 rings (SSSR count). The maximum absolute atomic E-state index is 11.1. The molecule has 82 valence electrons. The van der Waals surface area contributed by atoms with Crippen molar-refractivity contribution in [3.8, 4) is 0 Å². The van der Waals surface area contributed by atoms with Crippen LogP contribution in [0.25, 0.3) is 0 Å². The Balaban J connectivity index is 3.71. The number of carbonyl (C=O) groups is 1. The lowest BCUT2D eigenvalue weighted by Crippen LogP contribution is -2.14. The first kappa shape index (κ1) is 13.2. The molecule has 0 fully saturated rings. The smallest absolute Gasteiger partial charge is 0.333 e. The van der Waals surface area contributed by atoms with Crippen LogP contribution in [0, 0.1) is 5.92 Å². The van der Waals surface area contributed by atoms with Gasteiger partial charge in [0, 0.05) is 5.57 Å². The third kappa shape index (κ3) is 5.79. The van der Waals surface area contributed by atoms with E-state index in [-0.39, 0.29) is 5.97 Å². The summed E-state index contributed by atoms with van der Waals surface area (Å²) in [6.45, 7) is 10.1. The van der Waals surface area contributed by atoms with Crippen LogP contribution in [0.1, 0.15) is 46.5 Å². The molecule has 0 saturated carbocycles. The van der Waals surface area contributed by atoms with Crippen molar-refractivity contribution in [1.29, 1.82) is 0 Å². The molecule has 0 unspecified atom stereocenters. The van der Waals surface area contributed by atoms with Gasteiger partial charge in [-0.15, -0.1) is 0 Å². The Bertz CT molecular complexity index is 185. The lowest BCUT2D eigenvalue weighted by Gasteiger charge is -2.14. The van der Waals surface area contributed by atoms with Crippen molar-refractivity contribution in [3.05, 3.63) is 12.2 Å². The molecular weight excluding hydrogens is 176 g/mol. The number of ether oxygens (including phenoxy) is 1. The molecule has 0 aromatic carbocycles. The molecule has 0 radical (unpaired) electrons. The first-order valence-electron chi connectivity index (χ1n) is 5.44. The van der Waals surface area contributed by atoms with Crippen molar-refractivity contribution in [2.45, 2.75) is 46.5 Å². The maximum atomic E-state index is 11.1. The van der Waals surface area contributed by atoms with Gasteiger partial charge >= 0.3 is 5.97 Å². The third-order valence-electron chi connectivity index (χ3n) is 2.34. The zero-order valence-corrected chi connectivity index (χ0v) is 9.64. The summed E-state index contributed by atoms with van der Waals surface area (Å²) in [5.41, 5.74) is 0.482. The van der Waals surface area contributed by atoms with Crippen LogP contribution in [0.5, 0.6) is 0 Å². The SMILES string of the molecule is C=C(C)C(=O)OC[C@H](CC)CCCC. The molecule has 0 aliphatic rings. The van der Waals surface area contributed by atoms with Crippen LogP contribution >= 0.6 is 0 Å². The highest BCUT2D eigenvalue weighted by Crippen LogP contribution is 2.13. The van der Waals surface area contributed by atoms with Crippen molar-refractivity contribution < 1.29 is 9.53 Å². The van der Waals surface area contributed by atoms with E-state index in [1.54, 1.807) is 6.92 Å². The van der Waals surface area contributed by atoms with Crippen LogP contribution in [0.15, 0.2) is 12.2 Å². The van der Waals surface area contributed by atoms with Gasteiger partial charge in [0.15, 0.2) is 0 Å². The van der Waals surface area contributed by atoms with E-state index in [0.717, 1.165) is 12.8 Å².